The third-order valence-electron chi connectivity index (χ3n) is 5.66. The van der Waals surface area contributed by atoms with Gasteiger partial charge in [0.1, 0.15) is 0 Å². The molecule has 0 unspecified atom stereocenters. The Morgan fingerprint density at radius 1 is 1.07 bits per heavy atom. The van der Waals surface area contributed by atoms with Gasteiger partial charge in [-0.2, -0.15) is 0 Å². The Labute approximate surface area is 161 Å². The molecule has 1 aromatic carbocycles. The predicted octanol–water partition coefficient (Wildman–Crippen LogP) is 4.83. The molecule has 144 valence electrons. The molecule has 3 rings (SSSR count). The number of benzene rings is 1. The van der Waals surface area contributed by atoms with Gasteiger partial charge >= 0.3 is 0 Å². The van der Waals surface area contributed by atoms with E-state index in [2.05, 4.69) is 12.2 Å². The van der Waals surface area contributed by atoms with E-state index in [-0.39, 0.29) is 17.4 Å². The van der Waals surface area contributed by atoms with Gasteiger partial charge in [-0.05, 0) is 55.4 Å². The van der Waals surface area contributed by atoms with Gasteiger partial charge in [-0.15, -0.1) is 0 Å². The molecule has 4 heteroatoms. The number of amides is 1. The summed E-state index contributed by atoms with van der Waals surface area (Å²) in [6.07, 6.45) is 10.1. The fraction of sp³-hybridized carbons (Fsp3) is 0.478. The number of nitrogens with one attached hydrogen (secondary N) is 1. The van der Waals surface area contributed by atoms with E-state index in [4.69, 9.17) is 0 Å². The summed E-state index contributed by atoms with van der Waals surface area (Å²) in [7, 11) is 0. The number of aromatic nitrogens is 1. The highest BCUT2D eigenvalue weighted by atomic mass is 16.2. The Morgan fingerprint density at radius 3 is 2.48 bits per heavy atom. The topological polar surface area (TPSA) is 51.1 Å². The maximum Gasteiger partial charge on any atom is 0.250 e. The van der Waals surface area contributed by atoms with Crippen LogP contribution in [0.2, 0.25) is 0 Å². The van der Waals surface area contributed by atoms with Crippen LogP contribution in [-0.2, 0) is 11.3 Å². The van der Waals surface area contributed by atoms with Crippen molar-refractivity contribution in [3.8, 4) is 0 Å². The molecule has 0 aliphatic heterocycles. The van der Waals surface area contributed by atoms with Crippen molar-refractivity contribution in [2.45, 2.75) is 58.4 Å². The van der Waals surface area contributed by atoms with Crippen molar-refractivity contribution in [1.29, 1.82) is 0 Å². The number of hydrogen-bond donors (Lipinski definition) is 1. The van der Waals surface area contributed by atoms with E-state index in [9.17, 15) is 9.59 Å². The number of anilines is 1. The second-order valence-electron chi connectivity index (χ2n) is 7.71. The molecule has 1 saturated carbocycles. The fourth-order valence-corrected chi connectivity index (χ4v) is 3.93. The monoisotopic (exact) mass is 366 g/mol. The fourth-order valence-electron chi connectivity index (χ4n) is 3.93. The maximum absolute atomic E-state index is 12.6. The first-order valence-electron chi connectivity index (χ1n) is 10.2. The molecule has 4 nitrogen and oxygen atoms in total. The van der Waals surface area contributed by atoms with Crippen LogP contribution >= 0.6 is 0 Å². The Balaban J connectivity index is 1.50. The summed E-state index contributed by atoms with van der Waals surface area (Å²) in [5.74, 6) is 1.11. The number of hydrogen-bond acceptors (Lipinski definition) is 2. The van der Waals surface area contributed by atoms with Gasteiger partial charge in [-0.25, -0.2) is 0 Å². The van der Waals surface area contributed by atoms with Crippen molar-refractivity contribution in [2.24, 2.45) is 11.8 Å². The Kier molecular flexibility index (Phi) is 6.86. The lowest BCUT2D eigenvalue weighted by molar-refractivity contribution is -0.121. The van der Waals surface area contributed by atoms with E-state index in [1.54, 1.807) is 22.9 Å². The number of carbonyl (C=O) groups excluding carboxylic acids is 1. The van der Waals surface area contributed by atoms with E-state index in [0.29, 0.717) is 6.54 Å². The minimum absolute atomic E-state index is 0.00980. The lowest BCUT2D eigenvalue weighted by Crippen LogP contribution is -2.27. The van der Waals surface area contributed by atoms with Crippen molar-refractivity contribution in [3.63, 3.8) is 0 Å². The van der Waals surface area contributed by atoms with Gasteiger partial charge in [0.25, 0.3) is 5.56 Å². The molecule has 0 spiro atoms. The van der Waals surface area contributed by atoms with Gasteiger partial charge in [0.2, 0.25) is 5.91 Å². The summed E-state index contributed by atoms with van der Waals surface area (Å²) < 4.78 is 1.67. The molecule has 1 aliphatic carbocycles. The van der Waals surface area contributed by atoms with Crippen LogP contribution < -0.4 is 10.9 Å². The molecule has 0 atom stereocenters. The summed E-state index contributed by atoms with van der Waals surface area (Å²) in [4.78, 5) is 24.4. The van der Waals surface area contributed by atoms with Crippen LogP contribution in [-0.4, -0.2) is 10.5 Å². The van der Waals surface area contributed by atoms with Crippen LogP contribution in [0.3, 0.4) is 0 Å². The SMILES string of the molecule is CCCCC1CCC(C(=O)Nc2ccc(Cn3ccccc3=O)cc2)CC1. The second kappa shape index (κ2) is 9.54. The number of nitrogens with zero attached hydrogens (tertiary/aromatic N) is 1. The molecule has 0 bridgehead atoms. The zero-order valence-electron chi connectivity index (χ0n) is 16.2. The highest BCUT2D eigenvalue weighted by Gasteiger charge is 2.25. The van der Waals surface area contributed by atoms with Gasteiger partial charge in [-0.1, -0.05) is 44.4 Å². The molecule has 1 amide bonds. The summed E-state index contributed by atoms with van der Waals surface area (Å²) in [6, 6.07) is 12.9. The van der Waals surface area contributed by atoms with E-state index in [1.165, 1.54) is 32.1 Å². The van der Waals surface area contributed by atoms with Gasteiger partial charge in [0, 0.05) is 23.9 Å². The molecule has 2 aromatic rings. The summed E-state index contributed by atoms with van der Waals surface area (Å²) >= 11 is 0. The molecule has 0 saturated heterocycles. The largest absolute Gasteiger partial charge is 0.326 e. The second-order valence-corrected chi connectivity index (χ2v) is 7.71. The molecule has 1 fully saturated rings. The van der Waals surface area contributed by atoms with Crippen LogP contribution in [0.4, 0.5) is 5.69 Å². The van der Waals surface area contributed by atoms with Crippen LogP contribution in [0.15, 0.2) is 53.5 Å². The first-order valence-corrected chi connectivity index (χ1v) is 10.2. The van der Waals surface area contributed by atoms with Gasteiger partial charge in [0.05, 0.1) is 6.54 Å². The van der Waals surface area contributed by atoms with Gasteiger partial charge < -0.3 is 9.88 Å². The van der Waals surface area contributed by atoms with Crippen LogP contribution in [0.1, 0.15) is 57.4 Å². The number of pyridine rings is 1. The lowest BCUT2D eigenvalue weighted by Gasteiger charge is -2.27. The highest BCUT2D eigenvalue weighted by molar-refractivity contribution is 5.92. The molecule has 1 aromatic heterocycles. The average Bonchev–Trinajstić information content (AvgIpc) is 2.70. The zero-order valence-corrected chi connectivity index (χ0v) is 16.2. The quantitative estimate of drug-likeness (QED) is 0.763. The number of rotatable bonds is 7. The predicted molar refractivity (Wildman–Crippen MR) is 110 cm³/mol. The summed E-state index contributed by atoms with van der Waals surface area (Å²) in [5.41, 5.74) is 1.86. The Morgan fingerprint density at radius 2 is 1.81 bits per heavy atom. The van der Waals surface area contributed by atoms with Gasteiger partial charge in [-0.3, -0.25) is 9.59 Å². The van der Waals surface area contributed by atoms with Crippen molar-refractivity contribution in [3.05, 3.63) is 64.6 Å². The normalized spacial score (nSPS) is 19.6. The zero-order chi connectivity index (χ0) is 19.1. The molecular weight excluding hydrogens is 336 g/mol. The molecule has 1 aliphatic rings. The average molecular weight is 367 g/mol. The Bertz CT molecular complexity index is 787. The maximum atomic E-state index is 12.6. The van der Waals surface area contributed by atoms with Crippen LogP contribution in [0.5, 0.6) is 0 Å². The lowest BCUT2D eigenvalue weighted by atomic mass is 9.79. The van der Waals surface area contributed by atoms with Crippen LogP contribution in [0.25, 0.3) is 0 Å². The van der Waals surface area contributed by atoms with Crippen LogP contribution in [0, 0.1) is 11.8 Å². The van der Waals surface area contributed by atoms with Crippen molar-refractivity contribution < 1.29 is 4.79 Å². The molecule has 0 radical (unpaired) electrons. The first kappa shape index (κ1) is 19.4. The molecule has 27 heavy (non-hydrogen) atoms. The molecule has 1 N–H and O–H groups in total. The third-order valence-corrected chi connectivity index (χ3v) is 5.66. The van der Waals surface area contributed by atoms with E-state index in [0.717, 1.165) is 30.0 Å². The minimum Gasteiger partial charge on any atom is -0.326 e. The number of unbranched alkanes of at least 4 members (excludes halogenated alkanes) is 1. The standard InChI is InChI=1S/C23H30N2O2/c1-2-3-6-18-8-12-20(13-9-18)23(27)24-21-14-10-19(11-15-21)17-25-16-5-4-7-22(25)26/h4-5,7,10-11,14-16,18,20H,2-3,6,8-9,12-13,17H2,1H3,(H,24,27). The van der Waals surface area contributed by atoms with Crippen molar-refractivity contribution in [2.75, 3.05) is 5.32 Å². The highest BCUT2D eigenvalue weighted by Crippen LogP contribution is 2.32. The third kappa shape index (κ3) is 5.56. The minimum atomic E-state index is -0.00980. The van der Waals surface area contributed by atoms with E-state index < -0.39 is 0 Å². The molecular formula is C23H30N2O2. The molecule has 1 heterocycles. The Hall–Kier alpha value is -2.36. The van der Waals surface area contributed by atoms with E-state index >= 15 is 0 Å². The van der Waals surface area contributed by atoms with Gasteiger partial charge in [0.15, 0.2) is 0 Å². The van der Waals surface area contributed by atoms with Crippen molar-refractivity contribution >= 4 is 11.6 Å². The summed E-state index contributed by atoms with van der Waals surface area (Å²) in [6.45, 7) is 2.78. The number of carbonyl (C=O) groups is 1. The van der Waals surface area contributed by atoms with Crippen molar-refractivity contribution in [1.82, 2.24) is 4.57 Å². The van der Waals surface area contributed by atoms with E-state index in [1.807, 2.05) is 30.3 Å². The summed E-state index contributed by atoms with van der Waals surface area (Å²) in [5, 5.41) is 3.06. The first-order chi connectivity index (χ1) is 13.2. The smallest absolute Gasteiger partial charge is 0.250 e.